The first-order chi connectivity index (χ1) is 8.22. The van der Waals surface area contributed by atoms with Crippen LogP contribution in [0, 0.1) is 11.9 Å². The van der Waals surface area contributed by atoms with Gasteiger partial charge in [-0.25, -0.2) is 18.9 Å². The van der Waals surface area contributed by atoms with Crippen LogP contribution >= 0.6 is 11.6 Å². The highest BCUT2D eigenvalue weighted by Gasteiger charge is 2.07. The zero-order valence-electron chi connectivity index (χ0n) is 8.43. The highest BCUT2D eigenvalue weighted by atomic mass is 35.5. The molecule has 0 unspecified atom stereocenters. The summed E-state index contributed by atoms with van der Waals surface area (Å²) in [5.41, 5.74) is 1.03. The summed E-state index contributed by atoms with van der Waals surface area (Å²) in [6, 6.07) is 7.00. The number of hydrogen-bond acceptors (Lipinski definition) is 3. The fourth-order valence-corrected chi connectivity index (χ4v) is 1.60. The summed E-state index contributed by atoms with van der Waals surface area (Å²) in [6.07, 6.45) is 3.03. The molecule has 0 N–H and O–H groups in total. The van der Waals surface area contributed by atoms with Crippen molar-refractivity contribution >= 4 is 17.2 Å². The van der Waals surface area contributed by atoms with E-state index >= 15 is 0 Å². The summed E-state index contributed by atoms with van der Waals surface area (Å²) >= 11 is 5.73. The van der Waals surface area contributed by atoms with Gasteiger partial charge in [-0.3, -0.25) is 0 Å². The van der Waals surface area contributed by atoms with Gasteiger partial charge in [-0.2, -0.15) is 0 Å². The first-order valence-electron chi connectivity index (χ1n) is 4.78. The third kappa shape index (κ3) is 1.85. The van der Waals surface area contributed by atoms with Gasteiger partial charge in [-0.05, 0) is 18.2 Å². The predicted molar refractivity (Wildman–Crippen MR) is 60.0 cm³/mol. The Morgan fingerprint density at radius 3 is 3.12 bits per heavy atom. The second-order valence-electron chi connectivity index (χ2n) is 3.37. The smallest absolute Gasteiger partial charge is 0.182 e. The van der Waals surface area contributed by atoms with E-state index in [0.717, 1.165) is 0 Å². The van der Waals surface area contributed by atoms with E-state index in [0.29, 0.717) is 22.2 Å². The average Bonchev–Trinajstić information content (AvgIpc) is 2.72. The molecule has 2 heterocycles. The Kier molecular flexibility index (Phi) is 2.26. The largest absolute Gasteiger partial charge is 0.239 e. The molecule has 0 aliphatic heterocycles. The van der Waals surface area contributed by atoms with Gasteiger partial charge in [0.2, 0.25) is 0 Å². The standard InChI is InChI=1S/C11H5ClFN4/c12-9-6-17-10(5-14-9)15-11(16-17)7-2-1-3-8(13)4-7/h1,3-6H. The van der Waals surface area contributed by atoms with Crippen molar-refractivity contribution in [2.75, 3.05) is 0 Å². The summed E-state index contributed by atoms with van der Waals surface area (Å²) < 4.78 is 14.5. The third-order valence-electron chi connectivity index (χ3n) is 2.19. The molecule has 0 spiro atoms. The van der Waals surface area contributed by atoms with Crippen LogP contribution in [0.2, 0.25) is 5.15 Å². The number of nitrogens with zero attached hydrogens (tertiary/aromatic N) is 4. The van der Waals surface area contributed by atoms with Gasteiger partial charge in [0.25, 0.3) is 0 Å². The molecule has 0 bridgehead atoms. The van der Waals surface area contributed by atoms with Gasteiger partial charge >= 0.3 is 0 Å². The van der Waals surface area contributed by atoms with E-state index in [9.17, 15) is 4.39 Å². The lowest BCUT2D eigenvalue weighted by atomic mass is 10.2. The Bertz CT molecular complexity index is 695. The van der Waals surface area contributed by atoms with Crippen molar-refractivity contribution in [1.29, 1.82) is 0 Å². The summed E-state index contributed by atoms with van der Waals surface area (Å²) in [6.45, 7) is 0. The second kappa shape index (κ2) is 3.78. The monoisotopic (exact) mass is 247 g/mol. The summed E-state index contributed by atoms with van der Waals surface area (Å²) in [7, 11) is 0. The Labute approximate surface area is 101 Å². The number of halogens is 2. The van der Waals surface area contributed by atoms with Crippen molar-refractivity contribution in [3.8, 4) is 11.4 Å². The topological polar surface area (TPSA) is 43.1 Å². The lowest BCUT2D eigenvalue weighted by Gasteiger charge is -1.92. The highest BCUT2D eigenvalue weighted by molar-refractivity contribution is 6.29. The molecule has 83 valence electrons. The molecule has 0 aliphatic rings. The Morgan fingerprint density at radius 1 is 1.41 bits per heavy atom. The van der Waals surface area contributed by atoms with Gasteiger partial charge in [0.05, 0.1) is 12.4 Å². The number of fused-ring (bicyclic) bond motifs is 1. The molecule has 2 aromatic heterocycles. The van der Waals surface area contributed by atoms with E-state index in [2.05, 4.69) is 21.1 Å². The number of aromatic nitrogens is 4. The van der Waals surface area contributed by atoms with Crippen molar-refractivity contribution in [3.63, 3.8) is 0 Å². The third-order valence-corrected chi connectivity index (χ3v) is 2.39. The molecule has 0 amide bonds. The molecule has 4 nitrogen and oxygen atoms in total. The summed E-state index contributed by atoms with van der Waals surface area (Å²) in [4.78, 5) is 8.09. The van der Waals surface area contributed by atoms with E-state index < -0.39 is 0 Å². The van der Waals surface area contributed by atoms with Crippen LogP contribution in [0.25, 0.3) is 17.0 Å². The minimum atomic E-state index is -0.353. The predicted octanol–water partition coefficient (Wildman–Crippen LogP) is 2.38. The fraction of sp³-hybridized carbons (Fsp3) is 0. The van der Waals surface area contributed by atoms with E-state index in [-0.39, 0.29) is 5.82 Å². The number of benzene rings is 1. The van der Waals surface area contributed by atoms with Gasteiger partial charge in [-0.15, -0.1) is 5.10 Å². The molecule has 3 aromatic rings. The molecule has 6 heteroatoms. The second-order valence-corrected chi connectivity index (χ2v) is 3.76. The van der Waals surface area contributed by atoms with Crippen LogP contribution in [0.1, 0.15) is 0 Å². The van der Waals surface area contributed by atoms with Crippen molar-refractivity contribution in [2.45, 2.75) is 0 Å². The molecular formula is C11H5ClFN4. The normalized spacial score (nSPS) is 10.9. The zero-order valence-corrected chi connectivity index (χ0v) is 9.19. The lowest BCUT2D eigenvalue weighted by molar-refractivity contribution is 0.628. The molecule has 0 saturated heterocycles. The Morgan fingerprint density at radius 2 is 2.29 bits per heavy atom. The zero-order chi connectivity index (χ0) is 11.8. The van der Waals surface area contributed by atoms with Crippen LogP contribution in [0.5, 0.6) is 0 Å². The molecule has 1 radical (unpaired) electrons. The first-order valence-corrected chi connectivity index (χ1v) is 5.16. The molecular weight excluding hydrogens is 243 g/mol. The van der Waals surface area contributed by atoms with Crippen molar-refractivity contribution in [2.24, 2.45) is 0 Å². The first kappa shape index (κ1) is 10.2. The van der Waals surface area contributed by atoms with E-state index in [1.165, 1.54) is 35.1 Å². The molecule has 0 atom stereocenters. The van der Waals surface area contributed by atoms with E-state index in [4.69, 9.17) is 11.6 Å². The minimum Gasteiger partial charge on any atom is -0.239 e. The van der Waals surface area contributed by atoms with Crippen LogP contribution in [0.3, 0.4) is 0 Å². The number of rotatable bonds is 1. The van der Waals surface area contributed by atoms with E-state index in [1.807, 2.05) is 0 Å². The SMILES string of the molecule is Fc1cc[c]c(-c2nc3cnc(Cl)cn3n2)c1. The quantitative estimate of drug-likeness (QED) is 0.663. The summed E-state index contributed by atoms with van der Waals surface area (Å²) in [5.74, 6) is 0.0299. The maximum absolute atomic E-state index is 13.1. The van der Waals surface area contributed by atoms with Crippen LogP contribution in [-0.4, -0.2) is 19.6 Å². The maximum Gasteiger partial charge on any atom is 0.182 e. The Hall–Kier alpha value is -2.01. The van der Waals surface area contributed by atoms with Gasteiger partial charge in [0.1, 0.15) is 11.0 Å². The van der Waals surface area contributed by atoms with Gasteiger partial charge < -0.3 is 0 Å². The Balaban J connectivity index is 2.18. The van der Waals surface area contributed by atoms with Crippen molar-refractivity contribution in [3.05, 3.63) is 47.6 Å². The van der Waals surface area contributed by atoms with Crippen LogP contribution in [0.4, 0.5) is 4.39 Å². The number of hydrogen-bond donors (Lipinski definition) is 0. The molecule has 3 rings (SSSR count). The lowest BCUT2D eigenvalue weighted by Crippen LogP contribution is -1.88. The van der Waals surface area contributed by atoms with Gasteiger partial charge in [0.15, 0.2) is 11.5 Å². The summed E-state index contributed by atoms with van der Waals surface area (Å²) in [5, 5.41) is 4.48. The van der Waals surface area contributed by atoms with Crippen molar-refractivity contribution < 1.29 is 4.39 Å². The fourth-order valence-electron chi connectivity index (χ4n) is 1.45. The highest BCUT2D eigenvalue weighted by Crippen LogP contribution is 2.16. The van der Waals surface area contributed by atoms with Crippen LogP contribution < -0.4 is 0 Å². The molecule has 0 saturated carbocycles. The molecule has 0 aliphatic carbocycles. The van der Waals surface area contributed by atoms with Crippen LogP contribution in [-0.2, 0) is 0 Å². The maximum atomic E-state index is 13.1. The minimum absolute atomic E-state index is 0.317. The molecule has 1 aromatic carbocycles. The molecule has 0 fully saturated rings. The van der Waals surface area contributed by atoms with Crippen molar-refractivity contribution in [1.82, 2.24) is 19.6 Å². The van der Waals surface area contributed by atoms with E-state index in [1.54, 1.807) is 0 Å². The van der Waals surface area contributed by atoms with Crippen LogP contribution in [0.15, 0.2) is 30.6 Å². The average molecular weight is 248 g/mol. The molecule has 17 heavy (non-hydrogen) atoms. The van der Waals surface area contributed by atoms with Gasteiger partial charge in [0, 0.05) is 5.56 Å². The van der Waals surface area contributed by atoms with Gasteiger partial charge in [-0.1, -0.05) is 17.7 Å².